The van der Waals surface area contributed by atoms with E-state index in [1.54, 1.807) is 19.1 Å². The second-order valence-electron chi connectivity index (χ2n) is 5.99. The van der Waals surface area contributed by atoms with Crippen LogP contribution in [0.3, 0.4) is 0 Å². The molecule has 0 spiro atoms. The summed E-state index contributed by atoms with van der Waals surface area (Å²) in [4.78, 5) is 0.208. The molecule has 1 aliphatic carbocycles. The molecule has 1 aliphatic rings. The maximum Gasteiger partial charge on any atom is 0.238 e. The highest BCUT2D eigenvalue weighted by Gasteiger charge is 2.19. The Morgan fingerprint density at radius 1 is 1.35 bits per heavy atom. The van der Waals surface area contributed by atoms with Crippen LogP contribution in [0.1, 0.15) is 38.2 Å². The molecule has 2 unspecified atom stereocenters. The van der Waals surface area contributed by atoms with Crippen molar-refractivity contribution in [2.75, 3.05) is 11.9 Å². The molecule has 0 radical (unpaired) electrons. The van der Waals surface area contributed by atoms with Crippen molar-refractivity contribution < 1.29 is 8.42 Å². The summed E-state index contributed by atoms with van der Waals surface area (Å²) >= 11 is 0. The van der Waals surface area contributed by atoms with E-state index < -0.39 is 10.0 Å². The summed E-state index contributed by atoms with van der Waals surface area (Å²) < 4.78 is 23.0. The topological polar surface area (TPSA) is 72.2 Å². The average Bonchev–Trinajstić information content (AvgIpc) is 2.36. The Labute approximate surface area is 121 Å². The molecule has 1 aromatic rings. The van der Waals surface area contributed by atoms with Gasteiger partial charge in [0, 0.05) is 12.2 Å². The van der Waals surface area contributed by atoms with Crippen LogP contribution in [0.4, 0.5) is 5.69 Å². The van der Waals surface area contributed by atoms with E-state index in [9.17, 15) is 8.42 Å². The molecule has 1 aromatic carbocycles. The van der Waals surface area contributed by atoms with Crippen LogP contribution in [-0.4, -0.2) is 15.0 Å². The summed E-state index contributed by atoms with van der Waals surface area (Å²) in [6.07, 6.45) is 5.13. The van der Waals surface area contributed by atoms with Crippen molar-refractivity contribution in [3.63, 3.8) is 0 Å². The first kappa shape index (κ1) is 15.3. The van der Waals surface area contributed by atoms with Crippen molar-refractivity contribution in [1.82, 2.24) is 0 Å². The first-order valence-electron chi connectivity index (χ1n) is 7.24. The number of hydrogen-bond donors (Lipinski definition) is 2. The van der Waals surface area contributed by atoms with Crippen LogP contribution in [0.2, 0.25) is 0 Å². The summed E-state index contributed by atoms with van der Waals surface area (Å²) in [5, 5.41) is 8.62. The third kappa shape index (κ3) is 3.73. The zero-order chi connectivity index (χ0) is 14.8. The minimum atomic E-state index is -3.65. The summed E-state index contributed by atoms with van der Waals surface area (Å²) in [6, 6.07) is 5.20. The van der Waals surface area contributed by atoms with Gasteiger partial charge in [-0.2, -0.15) is 0 Å². The van der Waals surface area contributed by atoms with E-state index in [1.807, 2.05) is 6.07 Å². The SMILES string of the molecule is Cc1c(NCC2CCCC(C)C2)cccc1S(N)(=O)=O. The lowest BCUT2D eigenvalue weighted by Gasteiger charge is -2.27. The van der Waals surface area contributed by atoms with Crippen LogP contribution >= 0.6 is 0 Å². The van der Waals surface area contributed by atoms with Crippen LogP contribution in [0.25, 0.3) is 0 Å². The Morgan fingerprint density at radius 2 is 2.10 bits per heavy atom. The van der Waals surface area contributed by atoms with Gasteiger partial charge >= 0.3 is 0 Å². The Morgan fingerprint density at radius 3 is 2.75 bits per heavy atom. The highest BCUT2D eigenvalue weighted by molar-refractivity contribution is 7.89. The average molecular weight is 296 g/mol. The second-order valence-corrected chi connectivity index (χ2v) is 7.52. The third-order valence-corrected chi connectivity index (χ3v) is 5.27. The van der Waals surface area contributed by atoms with E-state index >= 15 is 0 Å². The molecule has 0 bridgehead atoms. The highest BCUT2D eigenvalue weighted by atomic mass is 32.2. The van der Waals surface area contributed by atoms with Crippen LogP contribution in [-0.2, 0) is 10.0 Å². The van der Waals surface area contributed by atoms with Gasteiger partial charge in [0.05, 0.1) is 4.90 Å². The molecule has 1 fully saturated rings. The molecular formula is C15H24N2O2S. The van der Waals surface area contributed by atoms with E-state index in [0.717, 1.165) is 18.2 Å². The smallest absolute Gasteiger partial charge is 0.238 e. The Hall–Kier alpha value is -1.07. The minimum absolute atomic E-state index is 0.208. The lowest BCUT2D eigenvalue weighted by molar-refractivity contribution is 0.293. The Balaban J connectivity index is 2.07. The third-order valence-electron chi connectivity index (χ3n) is 4.22. The zero-order valence-electron chi connectivity index (χ0n) is 12.2. The normalized spacial score (nSPS) is 23.6. The quantitative estimate of drug-likeness (QED) is 0.897. The molecule has 112 valence electrons. The molecule has 2 rings (SSSR count). The molecule has 0 heterocycles. The lowest BCUT2D eigenvalue weighted by Crippen LogP contribution is -2.21. The van der Waals surface area contributed by atoms with Crippen molar-refractivity contribution in [2.45, 2.75) is 44.4 Å². The Kier molecular flexibility index (Phi) is 4.70. The van der Waals surface area contributed by atoms with Gasteiger partial charge < -0.3 is 5.32 Å². The van der Waals surface area contributed by atoms with Gasteiger partial charge in [-0.1, -0.05) is 25.8 Å². The molecule has 1 saturated carbocycles. The number of rotatable bonds is 4. The number of nitrogens with two attached hydrogens (primary N) is 1. The first-order chi connectivity index (χ1) is 9.38. The molecule has 0 aliphatic heterocycles. The minimum Gasteiger partial charge on any atom is -0.385 e. The predicted octanol–water partition coefficient (Wildman–Crippen LogP) is 2.88. The molecule has 0 amide bonds. The fourth-order valence-corrected chi connectivity index (χ4v) is 3.92. The van der Waals surface area contributed by atoms with Crippen LogP contribution in [0, 0.1) is 18.8 Å². The molecule has 0 saturated heterocycles. The van der Waals surface area contributed by atoms with Gasteiger partial charge in [0.2, 0.25) is 10.0 Å². The predicted molar refractivity (Wildman–Crippen MR) is 82.2 cm³/mol. The maximum absolute atomic E-state index is 11.5. The molecular weight excluding hydrogens is 272 g/mol. The van der Waals surface area contributed by atoms with Crippen molar-refractivity contribution in [3.8, 4) is 0 Å². The summed E-state index contributed by atoms with van der Waals surface area (Å²) in [7, 11) is -3.65. The van der Waals surface area contributed by atoms with Gasteiger partial charge in [-0.25, -0.2) is 13.6 Å². The molecule has 4 nitrogen and oxygen atoms in total. The number of primary sulfonamides is 1. The van der Waals surface area contributed by atoms with Gasteiger partial charge in [0.25, 0.3) is 0 Å². The zero-order valence-corrected chi connectivity index (χ0v) is 13.0. The highest BCUT2D eigenvalue weighted by Crippen LogP contribution is 2.29. The van der Waals surface area contributed by atoms with Gasteiger partial charge in [-0.05, 0) is 49.3 Å². The summed E-state index contributed by atoms with van der Waals surface area (Å²) in [6.45, 7) is 5.00. The van der Waals surface area contributed by atoms with Crippen molar-refractivity contribution >= 4 is 15.7 Å². The van der Waals surface area contributed by atoms with Gasteiger partial charge in [-0.15, -0.1) is 0 Å². The van der Waals surface area contributed by atoms with E-state index in [1.165, 1.54) is 25.7 Å². The number of nitrogens with one attached hydrogen (secondary N) is 1. The summed E-state index contributed by atoms with van der Waals surface area (Å²) in [5.74, 6) is 1.48. The number of hydrogen-bond acceptors (Lipinski definition) is 3. The van der Waals surface area contributed by atoms with E-state index in [-0.39, 0.29) is 4.90 Å². The van der Waals surface area contributed by atoms with E-state index in [0.29, 0.717) is 11.5 Å². The van der Waals surface area contributed by atoms with Crippen LogP contribution in [0.15, 0.2) is 23.1 Å². The number of benzene rings is 1. The van der Waals surface area contributed by atoms with Gasteiger partial charge in [-0.3, -0.25) is 0 Å². The number of anilines is 1. The number of sulfonamides is 1. The van der Waals surface area contributed by atoms with Crippen molar-refractivity contribution in [3.05, 3.63) is 23.8 Å². The fourth-order valence-electron chi connectivity index (χ4n) is 3.11. The van der Waals surface area contributed by atoms with Crippen molar-refractivity contribution in [2.24, 2.45) is 17.0 Å². The fraction of sp³-hybridized carbons (Fsp3) is 0.600. The Bertz CT molecular complexity index is 569. The first-order valence-corrected chi connectivity index (χ1v) is 8.79. The molecule has 5 heteroatoms. The monoisotopic (exact) mass is 296 g/mol. The van der Waals surface area contributed by atoms with E-state index in [2.05, 4.69) is 12.2 Å². The van der Waals surface area contributed by atoms with Gasteiger partial charge in [0.1, 0.15) is 0 Å². The van der Waals surface area contributed by atoms with Crippen LogP contribution < -0.4 is 10.5 Å². The summed E-state index contributed by atoms with van der Waals surface area (Å²) in [5.41, 5.74) is 1.58. The van der Waals surface area contributed by atoms with Gasteiger partial charge in [0.15, 0.2) is 0 Å². The molecule has 2 atom stereocenters. The molecule has 0 aromatic heterocycles. The largest absolute Gasteiger partial charge is 0.385 e. The molecule has 3 N–H and O–H groups in total. The van der Waals surface area contributed by atoms with E-state index in [4.69, 9.17) is 5.14 Å². The lowest BCUT2D eigenvalue weighted by atomic mass is 9.82. The van der Waals surface area contributed by atoms with Crippen molar-refractivity contribution in [1.29, 1.82) is 0 Å². The van der Waals surface area contributed by atoms with Crippen LogP contribution in [0.5, 0.6) is 0 Å². The second kappa shape index (κ2) is 6.14. The molecule has 20 heavy (non-hydrogen) atoms. The maximum atomic E-state index is 11.5. The standard InChI is InChI=1S/C15H24N2O2S/c1-11-5-3-6-13(9-11)10-17-14-7-4-8-15(12(14)2)20(16,18)19/h4,7-8,11,13,17H,3,5-6,9-10H2,1-2H3,(H2,16,18,19).